The summed E-state index contributed by atoms with van der Waals surface area (Å²) in [6, 6.07) is 3.53. The molecule has 6 heteroatoms. The molecule has 0 aromatic carbocycles. The van der Waals surface area contributed by atoms with E-state index in [0.717, 1.165) is 5.69 Å². The third-order valence-corrected chi connectivity index (χ3v) is 3.16. The fourth-order valence-electron chi connectivity index (χ4n) is 2.05. The smallest absolute Gasteiger partial charge is 0.410 e. The van der Waals surface area contributed by atoms with Crippen LogP contribution >= 0.6 is 11.6 Å². The van der Waals surface area contributed by atoms with E-state index in [-0.39, 0.29) is 12.1 Å². The van der Waals surface area contributed by atoms with Crippen LogP contribution in [0.4, 0.5) is 4.79 Å². The Hall–Kier alpha value is -1.33. The summed E-state index contributed by atoms with van der Waals surface area (Å²) in [7, 11) is 0. The number of nitrogens with zero attached hydrogens (tertiary/aromatic N) is 2. The predicted octanol–water partition coefficient (Wildman–Crippen LogP) is 2.62. The van der Waals surface area contributed by atoms with Crippen molar-refractivity contribution >= 4 is 17.7 Å². The first-order valence-electron chi connectivity index (χ1n) is 6.68. The number of rotatable bonds is 1. The quantitative estimate of drug-likeness (QED) is 0.866. The molecule has 1 N–H and O–H groups in total. The number of carbonyl (C=O) groups excluding carboxylic acids is 1. The third-order valence-electron chi connectivity index (χ3n) is 2.93. The maximum Gasteiger partial charge on any atom is 0.410 e. The van der Waals surface area contributed by atoms with E-state index >= 15 is 0 Å². The molecule has 1 aliphatic rings. The number of ether oxygens (including phenoxy) is 1. The molecule has 1 aromatic heterocycles. The first-order chi connectivity index (χ1) is 9.35. The summed E-state index contributed by atoms with van der Waals surface area (Å²) in [5.41, 5.74) is 0.358. The van der Waals surface area contributed by atoms with Gasteiger partial charge in [0, 0.05) is 30.9 Å². The van der Waals surface area contributed by atoms with Crippen LogP contribution in [0.5, 0.6) is 0 Å². The van der Waals surface area contributed by atoms with Crippen LogP contribution in [0, 0.1) is 0 Å². The van der Waals surface area contributed by atoms with E-state index in [0.29, 0.717) is 24.7 Å². The molecule has 2 rings (SSSR count). The second-order valence-electron chi connectivity index (χ2n) is 5.83. The van der Waals surface area contributed by atoms with Gasteiger partial charge in [0.25, 0.3) is 0 Å². The van der Waals surface area contributed by atoms with Crippen molar-refractivity contribution in [3.63, 3.8) is 0 Å². The Balaban J connectivity index is 2.03. The van der Waals surface area contributed by atoms with Crippen LogP contribution in [0.25, 0.3) is 0 Å². The maximum absolute atomic E-state index is 12.1. The van der Waals surface area contributed by atoms with Crippen LogP contribution in [0.15, 0.2) is 18.3 Å². The number of piperazine rings is 1. The zero-order chi connectivity index (χ0) is 14.8. The SMILES string of the molecule is CC(C)(C)OC(=O)N1CCNC(c2cc(Cl)ccn2)C1. The molecular formula is C14H20ClN3O2. The van der Waals surface area contributed by atoms with Crippen molar-refractivity contribution in [3.05, 3.63) is 29.0 Å². The molecule has 1 aliphatic heterocycles. The lowest BCUT2D eigenvalue weighted by Gasteiger charge is -2.34. The minimum atomic E-state index is -0.480. The van der Waals surface area contributed by atoms with Gasteiger partial charge in [0.05, 0.1) is 11.7 Å². The lowest BCUT2D eigenvalue weighted by molar-refractivity contribution is 0.0194. The van der Waals surface area contributed by atoms with Crippen molar-refractivity contribution < 1.29 is 9.53 Å². The summed E-state index contributed by atoms with van der Waals surface area (Å²) in [6.07, 6.45) is 1.39. The molecule has 0 radical (unpaired) electrons. The summed E-state index contributed by atoms with van der Waals surface area (Å²) in [6.45, 7) is 7.46. The fourth-order valence-corrected chi connectivity index (χ4v) is 2.22. The first kappa shape index (κ1) is 15.1. The third kappa shape index (κ3) is 4.08. The van der Waals surface area contributed by atoms with E-state index in [4.69, 9.17) is 16.3 Å². The highest BCUT2D eigenvalue weighted by Crippen LogP contribution is 2.20. The summed E-state index contributed by atoms with van der Waals surface area (Å²) in [5.74, 6) is 0. The van der Waals surface area contributed by atoms with Gasteiger partial charge in [0.1, 0.15) is 5.60 Å². The van der Waals surface area contributed by atoms with Crippen LogP contribution < -0.4 is 5.32 Å². The number of pyridine rings is 1. The van der Waals surface area contributed by atoms with E-state index in [1.54, 1.807) is 17.2 Å². The van der Waals surface area contributed by atoms with E-state index < -0.39 is 5.60 Å². The van der Waals surface area contributed by atoms with Crippen molar-refractivity contribution in [2.45, 2.75) is 32.4 Å². The van der Waals surface area contributed by atoms with Gasteiger partial charge >= 0.3 is 6.09 Å². The number of carbonyl (C=O) groups is 1. The van der Waals surface area contributed by atoms with E-state index in [1.165, 1.54) is 0 Å². The van der Waals surface area contributed by atoms with E-state index in [1.807, 2.05) is 26.8 Å². The lowest BCUT2D eigenvalue weighted by atomic mass is 10.1. The van der Waals surface area contributed by atoms with Crippen molar-refractivity contribution in [2.24, 2.45) is 0 Å². The van der Waals surface area contributed by atoms with Gasteiger partial charge in [0.15, 0.2) is 0 Å². The molecule has 1 unspecified atom stereocenters. The molecule has 1 atom stereocenters. The monoisotopic (exact) mass is 297 g/mol. The zero-order valence-electron chi connectivity index (χ0n) is 12.0. The molecule has 0 aliphatic carbocycles. The van der Waals surface area contributed by atoms with Gasteiger partial charge in [-0.1, -0.05) is 11.6 Å². The Morgan fingerprint density at radius 2 is 2.30 bits per heavy atom. The highest BCUT2D eigenvalue weighted by atomic mass is 35.5. The summed E-state index contributed by atoms with van der Waals surface area (Å²) >= 11 is 5.98. The average molecular weight is 298 g/mol. The van der Waals surface area contributed by atoms with Crippen molar-refractivity contribution in [2.75, 3.05) is 19.6 Å². The number of aromatic nitrogens is 1. The van der Waals surface area contributed by atoms with Gasteiger partial charge in [-0.3, -0.25) is 4.98 Å². The maximum atomic E-state index is 12.1. The topological polar surface area (TPSA) is 54.5 Å². The van der Waals surface area contributed by atoms with Crippen LogP contribution in [0.3, 0.4) is 0 Å². The van der Waals surface area contributed by atoms with Gasteiger partial charge < -0.3 is 15.0 Å². The summed E-state index contributed by atoms with van der Waals surface area (Å²) < 4.78 is 5.40. The molecule has 0 saturated carbocycles. The zero-order valence-corrected chi connectivity index (χ0v) is 12.8. The van der Waals surface area contributed by atoms with Crippen LogP contribution in [-0.4, -0.2) is 41.2 Å². The van der Waals surface area contributed by atoms with Crippen molar-refractivity contribution in [1.82, 2.24) is 15.2 Å². The minimum Gasteiger partial charge on any atom is -0.444 e. The molecule has 20 heavy (non-hydrogen) atoms. The molecule has 0 spiro atoms. The number of amides is 1. The van der Waals surface area contributed by atoms with Crippen molar-refractivity contribution in [3.8, 4) is 0 Å². The second kappa shape index (κ2) is 5.97. The van der Waals surface area contributed by atoms with E-state index in [9.17, 15) is 4.79 Å². The highest BCUT2D eigenvalue weighted by Gasteiger charge is 2.28. The molecule has 110 valence electrons. The van der Waals surface area contributed by atoms with Crippen LogP contribution in [0.2, 0.25) is 5.02 Å². The van der Waals surface area contributed by atoms with Gasteiger partial charge in [-0.2, -0.15) is 0 Å². The number of halogens is 1. The first-order valence-corrected chi connectivity index (χ1v) is 7.06. The molecule has 1 fully saturated rings. The van der Waals surface area contributed by atoms with Gasteiger partial charge in [0.2, 0.25) is 0 Å². The number of hydrogen-bond donors (Lipinski definition) is 1. The van der Waals surface area contributed by atoms with Crippen LogP contribution in [0.1, 0.15) is 32.5 Å². The molecular weight excluding hydrogens is 278 g/mol. The predicted molar refractivity (Wildman–Crippen MR) is 77.8 cm³/mol. The number of hydrogen-bond acceptors (Lipinski definition) is 4. The standard InChI is InChI=1S/C14H20ClN3O2/c1-14(2,3)20-13(19)18-7-6-17-12(9-18)11-8-10(15)4-5-16-11/h4-5,8,12,17H,6-7,9H2,1-3H3. The summed E-state index contributed by atoms with van der Waals surface area (Å²) in [4.78, 5) is 18.1. The molecule has 1 aromatic rings. The molecule has 5 nitrogen and oxygen atoms in total. The Kier molecular flexibility index (Phi) is 4.50. The van der Waals surface area contributed by atoms with Crippen molar-refractivity contribution in [1.29, 1.82) is 0 Å². The average Bonchev–Trinajstić information content (AvgIpc) is 2.37. The Morgan fingerprint density at radius 1 is 1.55 bits per heavy atom. The highest BCUT2D eigenvalue weighted by molar-refractivity contribution is 6.30. The van der Waals surface area contributed by atoms with Crippen LogP contribution in [-0.2, 0) is 4.74 Å². The lowest BCUT2D eigenvalue weighted by Crippen LogP contribution is -2.49. The van der Waals surface area contributed by atoms with Gasteiger partial charge in [-0.15, -0.1) is 0 Å². The van der Waals surface area contributed by atoms with E-state index in [2.05, 4.69) is 10.3 Å². The van der Waals surface area contributed by atoms with Gasteiger partial charge in [-0.25, -0.2) is 4.79 Å². The second-order valence-corrected chi connectivity index (χ2v) is 6.27. The normalized spacial score (nSPS) is 19.8. The molecule has 2 heterocycles. The summed E-state index contributed by atoms with van der Waals surface area (Å²) in [5, 5.41) is 3.98. The fraction of sp³-hybridized carbons (Fsp3) is 0.571. The van der Waals surface area contributed by atoms with Gasteiger partial charge in [-0.05, 0) is 32.9 Å². The molecule has 1 amide bonds. The molecule has 1 saturated heterocycles. The number of nitrogens with one attached hydrogen (secondary N) is 1. The largest absolute Gasteiger partial charge is 0.444 e. The Morgan fingerprint density at radius 3 is 2.95 bits per heavy atom. The molecule has 0 bridgehead atoms. The Bertz CT molecular complexity index is 488. The Labute approximate surface area is 124 Å². The minimum absolute atomic E-state index is 0.0185.